The summed E-state index contributed by atoms with van der Waals surface area (Å²) in [6.07, 6.45) is -7.07. The predicted molar refractivity (Wildman–Crippen MR) is 42.9 cm³/mol. The number of ether oxygens (including phenoxy) is 1. The summed E-state index contributed by atoms with van der Waals surface area (Å²) in [6, 6.07) is 0. The largest absolute Gasteiger partial charge is 0.388 e. The first kappa shape index (κ1) is 11.2. The minimum absolute atomic E-state index is 0.224. The zero-order valence-corrected chi connectivity index (χ0v) is 7.13. The third-order valence-corrected chi connectivity index (χ3v) is 2.01. The fraction of sp³-hybridized carbons (Fsp3) is 1.00. The molecule has 1 rings (SSSR count). The second-order valence-corrected chi connectivity index (χ2v) is 2.95. The minimum atomic E-state index is -1.59. The summed E-state index contributed by atoms with van der Waals surface area (Å²) < 4.78 is 4.71. The van der Waals surface area contributed by atoms with Gasteiger partial charge in [-0.2, -0.15) is 0 Å². The van der Waals surface area contributed by atoms with Crippen molar-refractivity contribution >= 4 is 0 Å². The highest BCUT2D eigenvalue weighted by Crippen LogP contribution is 2.19. The molecule has 0 amide bonds. The molecule has 8 nitrogen and oxygen atoms in total. The first-order valence-electron chi connectivity index (χ1n) is 3.96. The van der Waals surface area contributed by atoms with Crippen LogP contribution in [0, 0.1) is 0 Å². The normalized spacial score (nSPS) is 43.0. The molecule has 0 aromatic carbocycles. The van der Waals surface area contributed by atoms with Crippen molar-refractivity contribution in [3.8, 4) is 0 Å². The molecule has 1 heterocycles. The Morgan fingerprint density at radius 2 is 1.79 bits per heavy atom. The SMILES string of the molecule is [N-]=[N+]=NC[C@H]1OC(O)[C@H](O)[C@@H](O)[C@@H]1O. The molecule has 0 radical (unpaired) electrons. The third kappa shape index (κ3) is 2.13. The molecule has 0 spiro atoms. The van der Waals surface area contributed by atoms with Gasteiger partial charge in [-0.15, -0.1) is 0 Å². The Kier molecular flexibility index (Phi) is 3.64. The number of aliphatic hydroxyl groups excluding tert-OH is 4. The lowest BCUT2D eigenvalue weighted by Crippen LogP contribution is -2.58. The van der Waals surface area contributed by atoms with Gasteiger partial charge < -0.3 is 25.2 Å². The molecule has 5 atom stereocenters. The minimum Gasteiger partial charge on any atom is -0.388 e. The fourth-order valence-corrected chi connectivity index (χ4v) is 1.20. The molecule has 8 heteroatoms. The Morgan fingerprint density at radius 3 is 2.36 bits per heavy atom. The van der Waals surface area contributed by atoms with Gasteiger partial charge in [0.1, 0.15) is 18.3 Å². The molecule has 1 unspecified atom stereocenters. The monoisotopic (exact) mass is 205 g/mol. The van der Waals surface area contributed by atoms with Gasteiger partial charge in [0.15, 0.2) is 6.29 Å². The summed E-state index contributed by atoms with van der Waals surface area (Å²) in [5.74, 6) is 0. The number of rotatable bonds is 2. The van der Waals surface area contributed by atoms with Gasteiger partial charge in [0.2, 0.25) is 0 Å². The van der Waals surface area contributed by atoms with Gasteiger partial charge in [-0.05, 0) is 5.53 Å². The van der Waals surface area contributed by atoms with Gasteiger partial charge in [-0.3, -0.25) is 0 Å². The number of hydrogen-bond acceptors (Lipinski definition) is 6. The Labute approximate surface area is 79.0 Å². The molecule has 0 aromatic rings. The van der Waals surface area contributed by atoms with Gasteiger partial charge in [0, 0.05) is 4.91 Å². The van der Waals surface area contributed by atoms with E-state index in [2.05, 4.69) is 10.0 Å². The second kappa shape index (κ2) is 4.56. The molecular formula is C6H11N3O5. The van der Waals surface area contributed by atoms with Crippen molar-refractivity contribution in [3.63, 3.8) is 0 Å². The van der Waals surface area contributed by atoms with E-state index in [1.807, 2.05) is 0 Å². The third-order valence-electron chi connectivity index (χ3n) is 2.01. The fourth-order valence-electron chi connectivity index (χ4n) is 1.20. The van der Waals surface area contributed by atoms with Gasteiger partial charge in [-0.25, -0.2) is 0 Å². The van der Waals surface area contributed by atoms with E-state index >= 15 is 0 Å². The summed E-state index contributed by atoms with van der Waals surface area (Å²) in [5.41, 5.74) is 8.01. The van der Waals surface area contributed by atoms with Crippen molar-refractivity contribution in [2.45, 2.75) is 30.7 Å². The highest BCUT2D eigenvalue weighted by molar-refractivity contribution is 4.89. The molecule has 4 N–H and O–H groups in total. The maximum absolute atomic E-state index is 9.32. The van der Waals surface area contributed by atoms with E-state index in [4.69, 9.17) is 20.5 Å². The molecule has 1 aliphatic heterocycles. The molecule has 0 saturated carbocycles. The Hall–Kier alpha value is -0.890. The van der Waals surface area contributed by atoms with E-state index in [0.29, 0.717) is 0 Å². The van der Waals surface area contributed by atoms with Gasteiger partial charge in [0.05, 0.1) is 12.6 Å². The lowest BCUT2D eigenvalue weighted by molar-refractivity contribution is -0.279. The molecule has 1 aliphatic rings. The number of aliphatic hydroxyl groups is 4. The maximum Gasteiger partial charge on any atom is 0.183 e. The number of hydrogen-bond donors (Lipinski definition) is 4. The van der Waals surface area contributed by atoms with Crippen molar-refractivity contribution < 1.29 is 25.2 Å². The van der Waals surface area contributed by atoms with Crippen molar-refractivity contribution in [1.82, 2.24) is 0 Å². The smallest absolute Gasteiger partial charge is 0.183 e. The van der Waals surface area contributed by atoms with Crippen molar-refractivity contribution in [3.05, 3.63) is 10.4 Å². The average Bonchev–Trinajstić information content (AvgIpc) is 2.18. The van der Waals surface area contributed by atoms with Gasteiger partial charge >= 0.3 is 0 Å². The summed E-state index contributed by atoms with van der Waals surface area (Å²) in [4.78, 5) is 2.44. The van der Waals surface area contributed by atoms with E-state index in [1.54, 1.807) is 0 Å². The van der Waals surface area contributed by atoms with Crippen LogP contribution < -0.4 is 0 Å². The highest BCUT2D eigenvalue weighted by Gasteiger charge is 2.42. The van der Waals surface area contributed by atoms with Crippen LogP contribution in [0.1, 0.15) is 0 Å². The zero-order valence-electron chi connectivity index (χ0n) is 7.13. The number of azide groups is 1. The lowest BCUT2D eigenvalue weighted by Gasteiger charge is -2.37. The van der Waals surface area contributed by atoms with Crippen LogP contribution in [0.4, 0.5) is 0 Å². The predicted octanol–water partition coefficient (Wildman–Crippen LogP) is -1.90. The van der Waals surface area contributed by atoms with Crippen LogP contribution in [0.2, 0.25) is 0 Å². The van der Waals surface area contributed by atoms with Gasteiger partial charge in [-0.1, -0.05) is 5.11 Å². The van der Waals surface area contributed by atoms with Crippen molar-refractivity contribution in [2.75, 3.05) is 6.54 Å². The topological polar surface area (TPSA) is 139 Å². The van der Waals surface area contributed by atoms with E-state index < -0.39 is 30.7 Å². The first-order chi connectivity index (χ1) is 6.57. The molecule has 80 valence electrons. The van der Waals surface area contributed by atoms with Crippen molar-refractivity contribution in [1.29, 1.82) is 0 Å². The number of nitrogens with zero attached hydrogens (tertiary/aromatic N) is 3. The first-order valence-corrected chi connectivity index (χ1v) is 3.96. The quantitative estimate of drug-likeness (QED) is 0.237. The highest BCUT2D eigenvalue weighted by atomic mass is 16.6. The summed E-state index contributed by atoms with van der Waals surface area (Å²) in [5, 5.41) is 39.8. The molecule has 0 aromatic heterocycles. The molecule has 0 aliphatic carbocycles. The van der Waals surface area contributed by atoms with Crippen LogP contribution in [0.5, 0.6) is 0 Å². The van der Waals surface area contributed by atoms with Crippen LogP contribution in [-0.2, 0) is 4.74 Å². The van der Waals surface area contributed by atoms with E-state index in [-0.39, 0.29) is 6.54 Å². The molecular weight excluding hydrogens is 194 g/mol. The Bertz CT molecular complexity index is 244. The van der Waals surface area contributed by atoms with Crippen LogP contribution >= 0.6 is 0 Å². The van der Waals surface area contributed by atoms with Crippen LogP contribution in [0.25, 0.3) is 10.4 Å². The van der Waals surface area contributed by atoms with Crippen LogP contribution in [0.3, 0.4) is 0 Å². The molecule has 1 saturated heterocycles. The lowest BCUT2D eigenvalue weighted by atomic mass is 9.99. The van der Waals surface area contributed by atoms with Crippen LogP contribution in [0.15, 0.2) is 5.11 Å². The average molecular weight is 205 g/mol. The molecule has 0 bridgehead atoms. The zero-order chi connectivity index (χ0) is 10.7. The Balaban J connectivity index is 2.64. The van der Waals surface area contributed by atoms with Crippen molar-refractivity contribution in [2.24, 2.45) is 5.11 Å². The van der Waals surface area contributed by atoms with E-state index in [9.17, 15) is 10.2 Å². The summed E-state index contributed by atoms with van der Waals surface area (Å²) in [6.45, 7) is -0.224. The second-order valence-electron chi connectivity index (χ2n) is 2.95. The molecule has 1 fully saturated rings. The maximum atomic E-state index is 9.32. The van der Waals surface area contributed by atoms with E-state index in [1.165, 1.54) is 0 Å². The van der Waals surface area contributed by atoms with Gasteiger partial charge in [0.25, 0.3) is 0 Å². The molecule has 14 heavy (non-hydrogen) atoms. The van der Waals surface area contributed by atoms with Crippen LogP contribution in [-0.4, -0.2) is 57.7 Å². The van der Waals surface area contributed by atoms with E-state index in [0.717, 1.165) is 0 Å². The summed E-state index contributed by atoms with van der Waals surface area (Å²) in [7, 11) is 0. The standard InChI is InChI=1S/C6H11N3O5/c7-9-8-1-2-3(10)4(11)5(12)6(13)14-2/h2-6,10-13H,1H2/t2-,3-,4+,5-,6?/m1/s1. The summed E-state index contributed by atoms with van der Waals surface area (Å²) >= 11 is 0. The Morgan fingerprint density at radius 1 is 1.14 bits per heavy atom.